The van der Waals surface area contributed by atoms with Crippen LogP contribution in [0.5, 0.6) is 0 Å². The van der Waals surface area contributed by atoms with E-state index in [2.05, 4.69) is 15.6 Å². The molecule has 7 nitrogen and oxygen atoms in total. The molecule has 1 aromatic carbocycles. The Morgan fingerprint density at radius 1 is 1.20 bits per heavy atom. The fourth-order valence-electron chi connectivity index (χ4n) is 3.06. The number of nitrogens with one attached hydrogen (secondary N) is 3. The molecule has 1 atom stereocenters. The van der Waals surface area contributed by atoms with Gasteiger partial charge in [0.2, 0.25) is 10.0 Å². The summed E-state index contributed by atoms with van der Waals surface area (Å²) in [5, 5.41) is 0.410. The summed E-state index contributed by atoms with van der Waals surface area (Å²) < 4.78 is 27.7. The number of halogens is 1. The minimum Gasteiger partial charge on any atom is -0.271 e. The van der Waals surface area contributed by atoms with E-state index >= 15 is 0 Å². The number of carbonyl (C=O) groups excluding carboxylic acids is 2. The number of carbonyl (C=O) groups is 2. The van der Waals surface area contributed by atoms with Crippen LogP contribution in [0.4, 0.5) is 0 Å². The van der Waals surface area contributed by atoms with Gasteiger partial charge in [0.1, 0.15) is 6.04 Å². The molecule has 0 aliphatic heterocycles. The largest absolute Gasteiger partial charge is 0.279 e. The number of hydrazine groups is 1. The van der Waals surface area contributed by atoms with Crippen LogP contribution in [0, 0.1) is 0 Å². The summed E-state index contributed by atoms with van der Waals surface area (Å²) in [6.45, 7) is 0. The van der Waals surface area contributed by atoms with Crippen LogP contribution in [-0.2, 0) is 27.7 Å². The second-order valence-electron chi connectivity index (χ2n) is 6.77. The summed E-state index contributed by atoms with van der Waals surface area (Å²) in [6, 6.07) is 6.48. The number of sulfonamides is 1. The van der Waals surface area contributed by atoms with Crippen molar-refractivity contribution in [2.45, 2.75) is 36.6 Å². The van der Waals surface area contributed by atoms with Gasteiger partial charge in [-0.15, -0.1) is 11.3 Å². The molecule has 11 heteroatoms. The van der Waals surface area contributed by atoms with Crippen molar-refractivity contribution in [2.24, 2.45) is 0 Å². The lowest BCUT2D eigenvalue weighted by atomic mass is 10.2. The Bertz CT molecular complexity index is 1000. The van der Waals surface area contributed by atoms with E-state index in [9.17, 15) is 18.0 Å². The summed E-state index contributed by atoms with van der Waals surface area (Å²) in [5.74, 6) is -0.474. The SMILES string of the molecule is CSCCC(NS(=O)(=O)c1ccc(Cl)cc1)C(=O)NNC(=O)c1cc2c(s1)CCC2. The van der Waals surface area contributed by atoms with Crippen molar-refractivity contribution < 1.29 is 18.0 Å². The maximum Gasteiger partial charge on any atom is 0.279 e. The predicted octanol–water partition coefficient (Wildman–Crippen LogP) is 2.75. The standard InChI is InChI=1S/C19H22ClN3O4S3/c1-28-10-9-15(23-30(26,27)14-7-5-13(20)6-8-14)18(24)21-22-19(25)17-11-12-3-2-4-16(12)29-17/h5-8,11,15,23H,2-4,9-10H2,1H3,(H,21,24)(H,22,25). The van der Waals surface area contributed by atoms with Gasteiger partial charge >= 0.3 is 0 Å². The summed E-state index contributed by atoms with van der Waals surface area (Å²) in [4.78, 5) is 26.7. The maximum atomic E-state index is 12.6. The van der Waals surface area contributed by atoms with E-state index in [-0.39, 0.29) is 11.3 Å². The minimum absolute atomic E-state index is 0.00554. The fraction of sp³-hybridized carbons (Fsp3) is 0.368. The van der Waals surface area contributed by atoms with Crippen LogP contribution in [0.3, 0.4) is 0 Å². The van der Waals surface area contributed by atoms with Gasteiger partial charge in [0.25, 0.3) is 11.8 Å². The number of hydrogen-bond acceptors (Lipinski definition) is 6. The summed E-state index contributed by atoms with van der Waals surface area (Å²) >= 11 is 8.72. The van der Waals surface area contributed by atoms with E-state index in [1.165, 1.54) is 57.8 Å². The van der Waals surface area contributed by atoms with E-state index in [4.69, 9.17) is 11.6 Å². The number of thioether (sulfide) groups is 1. The second-order valence-corrected chi connectivity index (χ2v) is 11.0. The molecule has 1 aliphatic rings. The van der Waals surface area contributed by atoms with Gasteiger partial charge < -0.3 is 0 Å². The van der Waals surface area contributed by atoms with Crippen LogP contribution >= 0.6 is 34.7 Å². The number of thiophene rings is 1. The number of amides is 2. The molecule has 0 saturated carbocycles. The molecule has 0 spiro atoms. The van der Waals surface area contributed by atoms with E-state index in [0.29, 0.717) is 15.7 Å². The Hall–Kier alpha value is -1.59. The van der Waals surface area contributed by atoms with Crippen LogP contribution in [0.25, 0.3) is 0 Å². The highest BCUT2D eigenvalue weighted by molar-refractivity contribution is 7.98. The monoisotopic (exact) mass is 487 g/mol. The topological polar surface area (TPSA) is 104 Å². The predicted molar refractivity (Wildman–Crippen MR) is 121 cm³/mol. The van der Waals surface area contributed by atoms with Crippen molar-refractivity contribution in [3.63, 3.8) is 0 Å². The molecular weight excluding hydrogens is 466 g/mol. The van der Waals surface area contributed by atoms with Crippen LogP contribution in [0.1, 0.15) is 33.0 Å². The lowest BCUT2D eigenvalue weighted by Gasteiger charge is -2.18. The molecule has 0 fully saturated rings. The maximum absolute atomic E-state index is 12.6. The van der Waals surface area contributed by atoms with Crippen molar-refractivity contribution in [3.05, 3.63) is 50.7 Å². The molecule has 0 bridgehead atoms. The third-order valence-corrected chi connectivity index (χ3v) is 8.24. The highest BCUT2D eigenvalue weighted by Crippen LogP contribution is 2.30. The van der Waals surface area contributed by atoms with Crippen molar-refractivity contribution in [3.8, 4) is 0 Å². The average Bonchev–Trinajstić information content (AvgIpc) is 3.31. The zero-order chi connectivity index (χ0) is 21.7. The number of fused-ring (bicyclic) bond motifs is 1. The van der Waals surface area contributed by atoms with Gasteiger partial charge in [-0.25, -0.2) is 8.42 Å². The zero-order valence-electron chi connectivity index (χ0n) is 16.2. The van der Waals surface area contributed by atoms with Gasteiger partial charge in [-0.1, -0.05) is 11.6 Å². The Balaban J connectivity index is 1.64. The first-order chi connectivity index (χ1) is 14.3. The van der Waals surface area contributed by atoms with E-state index in [1.807, 2.05) is 12.3 Å². The Morgan fingerprint density at radius 3 is 2.60 bits per heavy atom. The molecule has 1 heterocycles. The molecule has 3 rings (SSSR count). The zero-order valence-corrected chi connectivity index (χ0v) is 19.4. The van der Waals surface area contributed by atoms with Gasteiger partial charge in [0.15, 0.2) is 0 Å². The molecule has 1 aliphatic carbocycles. The van der Waals surface area contributed by atoms with Crippen molar-refractivity contribution in [2.75, 3.05) is 12.0 Å². The molecule has 30 heavy (non-hydrogen) atoms. The molecule has 3 N–H and O–H groups in total. The summed E-state index contributed by atoms with van der Waals surface area (Å²) in [7, 11) is -3.93. The number of aryl methyl sites for hydroxylation is 2. The first-order valence-electron chi connectivity index (χ1n) is 9.29. The van der Waals surface area contributed by atoms with Crippen LogP contribution < -0.4 is 15.6 Å². The molecule has 1 aromatic heterocycles. The number of hydrogen-bond donors (Lipinski definition) is 3. The smallest absolute Gasteiger partial charge is 0.271 e. The Morgan fingerprint density at radius 2 is 1.93 bits per heavy atom. The van der Waals surface area contributed by atoms with Gasteiger partial charge in [-0.05, 0) is 73.6 Å². The summed E-state index contributed by atoms with van der Waals surface area (Å²) in [5.41, 5.74) is 5.92. The molecular formula is C19H22ClN3O4S3. The van der Waals surface area contributed by atoms with Crippen LogP contribution in [0.2, 0.25) is 5.02 Å². The second kappa shape index (κ2) is 10.1. The third-order valence-electron chi connectivity index (χ3n) is 4.62. The number of benzene rings is 1. The van der Waals surface area contributed by atoms with Gasteiger partial charge in [-0.3, -0.25) is 20.4 Å². The highest BCUT2D eigenvalue weighted by atomic mass is 35.5. The average molecular weight is 488 g/mol. The van der Waals surface area contributed by atoms with Crippen molar-refractivity contribution >= 4 is 56.5 Å². The van der Waals surface area contributed by atoms with Crippen LogP contribution in [-0.4, -0.2) is 38.3 Å². The lowest BCUT2D eigenvalue weighted by Crippen LogP contribution is -2.52. The highest BCUT2D eigenvalue weighted by Gasteiger charge is 2.26. The Labute approximate surface area is 189 Å². The third kappa shape index (κ3) is 5.76. The first kappa shape index (κ1) is 23.1. The lowest BCUT2D eigenvalue weighted by molar-refractivity contribution is -0.123. The van der Waals surface area contributed by atoms with Gasteiger partial charge in [-0.2, -0.15) is 16.5 Å². The summed E-state index contributed by atoms with van der Waals surface area (Å²) in [6.07, 6.45) is 5.17. The van der Waals surface area contributed by atoms with E-state index in [1.54, 1.807) is 0 Å². The van der Waals surface area contributed by atoms with Gasteiger partial charge in [0.05, 0.1) is 9.77 Å². The number of rotatable bonds is 8. The molecule has 2 amide bonds. The molecule has 0 saturated heterocycles. The molecule has 162 valence electrons. The van der Waals surface area contributed by atoms with E-state index < -0.39 is 27.9 Å². The molecule has 1 unspecified atom stereocenters. The Kier molecular flexibility index (Phi) is 7.81. The van der Waals surface area contributed by atoms with Crippen molar-refractivity contribution in [1.82, 2.24) is 15.6 Å². The van der Waals surface area contributed by atoms with Crippen molar-refractivity contribution in [1.29, 1.82) is 0 Å². The van der Waals surface area contributed by atoms with Crippen LogP contribution in [0.15, 0.2) is 35.2 Å². The molecule has 0 radical (unpaired) electrons. The first-order valence-corrected chi connectivity index (χ1v) is 13.4. The van der Waals surface area contributed by atoms with Gasteiger partial charge in [0, 0.05) is 9.90 Å². The minimum atomic E-state index is -3.93. The normalized spacial score (nSPS) is 14.2. The molecule has 2 aromatic rings. The fourth-order valence-corrected chi connectivity index (χ4v) is 6.03. The van der Waals surface area contributed by atoms with E-state index in [0.717, 1.165) is 19.3 Å². The quantitative estimate of drug-likeness (QED) is 0.496.